The first kappa shape index (κ1) is 21.8. The largest absolute Gasteiger partial charge is 0.490 e. The number of ether oxygens (including phenoxy) is 1. The normalized spacial score (nSPS) is 19.3. The molecule has 166 valence electrons. The lowest BCUT2D eigenvalue weighted by Crippen LogP contribution is -2.48. The lowest BCUT2D eigenvalue weighted by molar-refractivity contribution is 0.0525. The van der Waals surface area contributed by atoms with Crippen molar-refractivity contribution in [2.24, 2.45) is 0 Å². The molecule has 0 spiro atoms. The van der Waals surface area contributed by atoms with Gasteiger partial charge < -0.3 is 19.9 Å². The predicted molar refractivity (Wildman–Crippen MR) is 120 cm³/mol. The van der Waals surface area contributed by atoms with Crippen LogP contribution in [-0.2, 0) is 6.54 Å². The van der Waals surface area contributed by atoms with Crippen LogP contribution in [-0.4, -0.2) is 61.1 Å². The standard InChI is InChI=1S/C25H32FN3O2/c1-28-12-8-22(9-13-28)29-14-10-23(11-15-29)31-24-7-3-5-20(17-24)25(30)27-18-19-4-2-6-21(26)16-19/h2-7,16-17,22-23H,8-15,18H2,1H3,(H,27,30). The molecule has 2 aliphatic heterocycles. The Morgan fingerprint density at radius 1 is 1.03 bits per heavy atom. The molecular weight excluding hydrogens is 393 g/mol. The molecule has 0 aliphatic carbocycles. The Morgan fingerprint density at radius 2 is 1.77 bits per heavy atom. The molecule has 2 aromatic carbocycles. The maximum Gasteiger partial charge on any atom is 0.251 e. The number of halogens is 1. The zero-order valence-electron chi connectivity index (χ0n) is 18.2. The van der Waals surface area contributed by atoms with Crippen LogP contribution >= 0.6 is 0 Å². The molecular formula is C25H32FN3O2. The molecule has 0 atom stereocenters. The van der Waals surface area contributed by atoms with Crippen LogP contribution in [0.25, 0.3) is 0 Å². The molecule has 0 aromatic heterocycles. The molecule has 1 amide bonds. The highest BCUT2D eigenvalue weighted by molar-refractivity contribution is 5.94. The van der Waals surface area contributed by atoms with Gasteiger partial charge in [-0.15, -0.1) is 0 Å². The number of hydrogen-bond acceptors (Lipinski definition) is 4. The van der Waals surface area contributed by atoms with Gasteiger partial charge >= 0.3 is 0 Å². The fourth-order valence-electron chi connectivity index (χ4n) is 4.55. The van der Waals surface area contributed by atoms with E-state index < -0.39 is 0 Å². The summed E-state index contributed by atoms with van der Waals surface area (Å²) in [6.45, 7) is 4.82. The van der Waals surface area contributed by atoms with Gasteiger partial charge in [0.1, 0.15) is 17.7 Å². The van der Waals surface area contributed by atoms with E-state index in [1.54, 1.807) is 24.3 Å². The molecule has 0 radical (unpaired) electrons. The number of carbonyl (C=O) groups excluding carboxylic acids is 1. The molecule has 2 saturated heterocycles. The Kier molecular flexibility index (Phi) is 7.20. The van der Waals surface area contributed by atoms with Gasteiger partial charge in [0.15, 0.2) is 0 Å². The summed E-state index contributed by atoms with van der Waals surface area (Å²) in [4.78, 5) is 17.6. The summed E-state index contributed by atoms with van der Waals surface area (Å²) in [5.74, 6) is 0.243. The Morgan fingerprint density at radius 3 is 2.52 bits per heavy atom. The second-order valence-electron chi connectivity index (χ2n) is 8.73. The number of hydrogen-bond donors (Lipinski definition) is 1. The van der Waals surface area contributed by atoms with Crippen molar-refractivity contribution >= 4 is 5.91 Å². The fraction of sp³-hybridized carbons (Fsp3) is 0.480. The number of nitrogens with zero attached hydrogens (tertiary/aromatic N) is 2. The van der Waals surface area contributed by atoms with Crippen molar-refractivity contribution in [1.29, 1.82) is 0 Å². The summed E-state index contributed by atoms with van der Waals surface area (Å²) in [5, 5.41) is 2.85. The highest BCUT2D eigenvalue weighted by atomic mass is 19.1. The number of piperidine rings is 2. The van der Waals surface area contributed by atoms with Crippen molar-refractivity contribution in [2.45, 2.75) is 44.4 Å². The van der Waals surface area contributed by atoms with Crippen LogP contribution in [0.5, 0.6) is 5.75 Å². The minimum atomic E-state index is -0.302. The Labute approximate surface area is 184 Å². The van der Waals surface area contributed by atoms with E-state index in [2.05, 4.69) is 22.2 Å². The van der Waals surface area contributed by atoms with Gasteiger partial charge in [0.05, 0.1) is 0 Å². The third-order valence-electron chi connectivity index (χ3n) is 6.42. The summed E-state index contributed by atoms with van der Waals surface area (Å²) in [6.07, 6.45) is 4.74. The quantitative estimate of drug-likeness (QED) is 0.767. The van der Waals surface area contributed by atoms with Crippen molar-refractivity contribution in [1.82, 2.24) is 15.1 Å². The van der Waals surface area contributed by atoms with E-state index in [-0.39, 0.29) is 24.4 Å². The molecule has 0 unspecified atom stereocenters. The zero-order valence-corrected chi connectivity index (χ0v) is 18.2. The summed E-state index contributed by atoms with van der Waals surface area (Å²) in [5.41, 5.74) is 1.29. The SMILES string of the molecule is CN1CCC(N2CCC(Oc3cccc(C(=O)NCc4cccc(F)c4)c3)CC2)CC1. The van der Waals surface area contributed by atoms with Gasteiger partial charge in [-0.25, -0.2) is 4.39 Å². The number of likely N-dealkylation sites (tertiary alicyclic amines) is 2. The van der Waals surface area contributed by atoms with E-state index in [1.165, 1.54) is 38.1 Å². The lowest BCUT2D eigenvalue weighted by Gasteiger charge is -2.41. The number of benzene rings is 2. The van der Waals surface area contributed by atoms with E-state index in [4.69, 9.17) is 4.74 Å². The van der Waals surface area contributed by atoms with E-state index in [1.807, 2.05) is 12.1 Å². The summed E-state index contributed by atoms with van der Waals surface area (Å²) >= 11 is 0. The molecule has 2 fully saturated rings. The van der Waals surface area contributed by atoms with Crippen LogP contribution < -0.4 is 10.1 Å². The topological polar surface area (TPSA) is 44.8 Å². The molecule has 2 aromatic rings. The van der Waals surface area contributed by atoms with Crippen molar-refractivity contribution in [3.63, 3.8) is 0 Å². The zero-order chi connectivity index (χ0) is 21.6. The smallest absolute Gasteiger partial charge is 0.251 e. The van der Waals surface area contributed by atoms with E-state index in [0.717, 1.165) is 37.2 Å². The van der Waals surface area contributed by atoms with Crippen LogP contribution in [0.2, 0.25) is 0 Å². The highest BCUT2D eigenvalue weighted by Gasteiger charge is 2.28. The molecule has 2 heterocycles. The van der Waals surface area contributed by atoms with Crippen LogP contribution in [0.1, 0.15) is 41.6 Å². The van der Waals surface area contributed by atoms with Crippen molar-refractivity contribution in [2.75, 3.05) is 33.2 Å². The van der Waals surface area contributed by atoms with Crippen LogP contribution in [0, 0.1) is 5.82 Å². The van der Waals surface area contributed by atoms with Gasteiger partial charge in [0, 0.05) is 31.2 Å². The third-order valence-corrected chi connectivity index (χ3v) is 6.42. The Bertz CT molecular complexity index is 875. The van der Waals surface area contributed by atoms with Gasteiger partial charge in [0.25, 0.3) is 5.91 Å². The van der Waals surface area contributed by atoms with E-state index in [0.29, 0.717) is 11.6 Å². The Balaban J connectivity index is 1.26. The average molecular weight is 426 g/mol. The molecule has 2 aliphatic rings. The number of amides is 1. The number of nitrogens with one attached hydrogen (secondary N) is 1. The van der Waals surface area contributed by atoms with Crippen LogP contribution in [0.15, 0.2) is 48.5 Å². The monoisotopic (exact) mass is 425 g/mol. The van der Waals surface area contributed by atoms with Crippen molar-refractivity contribution < 1.29 is 13.9 Å². The molecule has 0 bridgehead atoms. The van der Waals surface area contributed by atoms with Gasteiger partial charge in [-0.05, 0) is 81.7 Å². The number of carbonyl (C=O) groups is 1. The predicted octanol–water partition coefficient (Wildman–Crippen LogP) is 3.69. The molecule has 5 nitrogen and oxygen atoms in total. The molecule has 1 N–H and O–H groups in total. The molecule has 0 saturated carbocycles. The first-order valence-corrected chi connectivity index (χ1v) is 11.3. The lowest BCUT2D eigenvalue weighted by atomic mass is 9.99. The number of rotatable bonds is 6. The van der Waals surface area contributed by atoms with E-state index >= 15 is 0 Å². The maximum atomic E-state index is 13.3. The molecule has 31 heavy (non-hydrogen) atoms. The highest BCUT2D eigenvalue weighted by Crippen LogP contribution is 2.24. The first-order chi connectivity index (χ1) is 15.1. The van der Waals surface area contributed by atoms with Crippen LogP contribution in [0.3, 0.4) is 0 Å². The minimum Gasteiger partial charge on any atom is -0.490 e. The minimum absolute atomic E-state index is 0.188. The summed E-state index contributed by atoms with van der Waals surface area (Å²) in [7, 11) is 2.20. The second kappa shape index (κ2) is 10.2. The fourth-order valence-corrected chi connectivity index (χ4v) is 4.55. The van der Waals surface area contributed by atoms with Gasteiger partial charge in [-0.1, -0.05) is 18.2 Å². The van der Waals surface area contributed by atoms with Gasteiger partial charge in [0.2, 0.25) is 0 Å². The maximum absolute atomic E-state index is 13.3. The van der Waals surface area contributed by atoms with Crippen molar-refractivity contribution in [3.8, 4) is 5.75 Å². The second-order valence-corrected chi connectivity index (χ2v) is 8.73. The van der Waals surface area contributed by atoms with E-state index in [9.17, 15) is 9.18 Å². The van der Waals surface area contributed by atoms with Gasteiger partial charge in [-0.3, -0.25) is 4.79 Å². The molecule has 4 rings (SSSR count). The summed E-state index contributed by atoms with van der Waals surface area (Å²) < 4.78 is 19.5. The summed E-state index contributed by atoms with van der Waals surface area (Å²) in [6, 6.07) is 14.3. The third kappa shape index (κ3) is 6.05. The van der Waals surface area contributed by atoms with Crippen molar-refractivity contribution in [3.05, 3.63) is 65.5 Å². The Hall–Kier alpha value is -2.44. The van der Waals surface area contributed by atoms with Crippen LogP contribution in [0.4, 0.5) is 4.39 Å². The van der Waals surface area contributed by atoms with Gasteiger partial charge in [-0.2, -0.15) is 0 Å². The molecule has 6 heteroatoms. The first-order valence-electron chi connectivity index (χ1n) is 11.3. The average Bonchev–Trinajstić information content (AvgIpc) is 2.79.